The number of aliphatic hydroxyl groups is 1. The van der Waals surface area contributed by atoms with Gasteiger partial charge in [-0.3, -0.25) is 14.8 Å². The summed E-state index contributed by atoms with van der Waals surface area (Å²) in [6, 6.07) is 14.0. The highest BCUT2D eigenvalue weighted by molar-refractivity contribution is 6.08. The molecule has 6 heteroatoms. The third-order valence-electron chi connectivity index (χ3n) is 6.24. The van der Waals surface area contributed by atoms with E-state index in [1.807, 2.05) is 52.4 Å². The van der Waals surface area contributed by atoms with Crippen LogP contribution in [-0.2, 0) is 4.79 Å². The first-order valence-electron chi connectivity index (χ1n) is 10.9. The molecule has 2 aromatic rings. The number of piperidine rings is 1. The molecule has 1 atom stereocenters. The molecular weight excluding hydrogens is 388 g/mol. The first-order chi connectivity index (χ1) is 15.0. The molecule has 0 radical (unpaired) electrons. The highest BCUT2D eigenvalue weighted by atomic mass is 16.3. The van der Waals surface area contributed by atoms with Crippen LogP contribution in [-0.4, -0.2) is 63.4 Å². The van der Waals surface area contributed by atoms with E-state index in [2.05, 4.69) is 29.0 Å². The number of benzene rings is 1. The van der Waals surface area contributed by atoms with Crippen LogP contribution in [0.3, 0.4) is 0 Å². The fraction of sp³-hybridized carbons (Fsp3) is 0.400. The number of β-amino-alcohol motifs (C(OH)–C–C–N with tert-alkyl or cyclic N) is 1. The quantitative estimate of drug-likeness (QED) is 0.782. The SMILES string of the molecule is CC(CC(=O)N1CCC(O)(CN2C=CC(c3ccncc3)=NC2)CC1)c1ccccc1. The van der Waals surface area contributed by atoms with Crippen LogP contribution in [0.1, 0.15) is 43.2 Å². The number of aromatic nitrogens is 1. The van der Waals surface area contributed by atoms with Gasteiger partial charge in [0.25, 0.3) is 0 Å². The molecule has 2 aliphatic heterocycles. The van der Waals surface area contributed by atoms with Gasteiger partial charge in [-0.15, -0.1) is 0 Å². The Hall–Kier alpha value is -2.99. The standard InChI is InChI=1S/C25H30N4O2/c1-20(21-5-3-2-4-6-21)17-24(30)29-15-10-25(31,11-16-29)18-28-14-9-23(27-19-28)22-7-12-26-13-8-22/h2-9,12-14,20,31H,10-11,15-19H2,1H3. The van der Waals surface area contributed by atoms with Crippen molar-refractivity contribution in [3.05, 3.63) is 78.3 Å². The lowest BCUT2D eigenvalue weighted by molar-refractivity contribution is -0.136. The summed E-state index contributed by atoms with van der Waals surface area (Å²) in [5.41, 5.74) is 2.36. The number of carbonyl (C=O) groups is 1. The Morgan fingerprint density at radius 1 is 1.13 bits per heavy atom. The van der Waals surface area contributed by atoms with Gasteiger partial charge in [0.2, 0.25) is 5.91 Å². The van der Waals surface area contributed by atoms with Gasteiger partial charge in [0, 0.05) is 50.2 Å². The summed E-state index contributed by atoms with van der Waals surface area (Å²) in [6.45, 7) is 4.34. The van der Waals surface area contributed by atoms with Gasteiger partial charge in [0.1, 0.15) is 6.67 Å². The van der Waals surface area contributed by atoms with Crippen molar-refractivity contribution in [2.24, 2.45) is 4.99 Å². The summed E-state index contributed by atoms with van der Waals surface area (Å²) in [7, 11) is 0. The van der Waals surface area contributed by atoms with E-state index in [4.69, 9.17) is 0 Å². The van der Waals surface area contributed by atoms with Gasteiger partial charge >= 0.3 is 0 Å². The zero-order valence-electron chi connectivity index (χ0n) is 18.0. The van der Waals surface area contributed by atoms with Gasteiger partial charge in [-0.2, -0.15) is 0 Å². The Morgan fingerprint density at radius 3 is 2.48 bits per heavy atom. The fourth-order valence-corrected chi connectivity index (χ4v) is 4.25. The Balaban J connectivity index is 1.26. The summed E-state index contributed by atoms with van der Waals surface area (Å²) >= 11 is 0. The maximum Gasteiger partial charge on any atom is 0.223 e. The molecular formula is C25H30N4O2. The van der Waals surface area contributed by atoms with E-state index < -0.39 is 5.60 Å². The predicted molar refractivity (Wildman–Crippen MR) is 122 cm³/mol. The molecule has 0 aliphatic carbocycles. The van der Waals surface area contributed by atoms with Crippen molar-refractivity contribution in [2.45, 2.75) is 37.7 Å². The van der Waals surface area contributed by atoms with Crippen LogP contribution in [0.15, 0.2) is 72.1 Å². The van der Waals surface area contributed by atoms with Gasteiger partial charge in [-0.05, 0) is 42.5 Å². The molecule has 1 unspecified atom stereocenters. The number of hydrogen-bond acceptors (Lipinski definition) is 5. The third kappa shape index (κ3) is 5.39. The number of allylic oxidation sites excluding steroid dienone is 1. The number of likely N-dealkylation sites (tertiary alicyclic amines) is 1. The Labute approximate surface area is 183 Å². The molecule has 2 aliphatic rings. The van der Waals surface area contributed by atoms with Crippen molar-refractivity contribution in [1.82, 2.24) is 14.8 Å². The van der Waals surface area contributed by atoms with Crippen LogP contribution in [0.2, 0.25) is 0 Å². The summed E-state index contributed by atoms with van der Waals surface area (Å²) < 4.78 is 0. The molecule has 0 spiro atoms. The van der Waals surface area contributed by atoms with Crippen LogP contribution in [0.5, 0.6) is 0 Å². The Bertz CT molecular complexity index is 935. The molecule has 0 bridgehead atoms. The monoisotopic (exact) mass is 418 g/mol. The van der Waals surface area contributed by atoms with Gasteiger partial charge in [-0.1, -0.05) is 37.3 Å². The summed E-state index contributed by atoms with van der Waals surface area (Å²) in [6.07, 6.45) is 9.18. The second-order valence-corrected chi connectivity index (χ2v) is 8.60. The molecule has 1 aromatic heterocycles. The summed E-state index contributed by atoms with van der Waals surface area (Å²) in [5.74, 6) is 0.364. The second-order valence-electron chi connectivity index (χ2n) is 8.60. The summed E-state index contributed by atoms with van der Waals surface area (Å²) in [4.78, 5) is 25.4. The lowest BCUT2D eigenvalue weighted by Crippen LogP contribution is -2.51. The van der Waals surface area contributed by atoms with Gasteiger partial charge in [0.05, 0.1) is 11.3 Å². The zero-order valence-corrected chi connectivity index (χ0v) is 18.0. The maximum absolute atomic E-state index is 12.8. The lowest BCUT2D eigenvalue weighted by Gasteiger charge is -2.41. The molecule has 3 heterocycles. The first-order valence-corrected chi connectivity index (χ1v) is 10.9. The topological polar surface area (TPSA) is 69.0 Å². The van der Waals surface area contributed by atoms with E-state index in [1.54, 1.807) is 12.4 Å². The number of nitrogens with zero attached hydrogens (tertiary/aromatic N) is 4. The first kappa shape index (κ1) is 21.2. The highest BCUT2D eigenvalue weighted by Gasteiger charge is 2.35. The van der Waals surface area contributed by atoms with Crippen molar-refractivity contribution < 1.29 is 9.90 Å². The molecule has 1 N–H and O–H groups in total. The third-order valence-corrected chi connectivity index (χ3v) is 6.24. The molecule has 1 aromatic carbocycles. The van der Waals surface area contributed by atoms with E-state index in [9.17, 15) is 9.90 Å². The zero-order chi connectivity index (χ0) is 21.7. The molecule has 1 fully saturated rings. The molecule has 162 valence electrons. The number of hydrogen-bond donors (Lipinski definition) is 1. The Morgan fingerprint density at radius 2 is 1.84 bits per heavy atom. The predicted octanol–water partition coefficient (Wildman–Crippen LogP) is 3.20. The minimum absolute atomic E-state index is 0.169. The fourth-order valence-electron chi connectivity index (χ4n) is 4.25. The van der Waals surface area contributed by atoms with Gasteiger partial charge in [-0.25, -0.2) is 0 Å². The molecule has 1 saturated heterocycles. The normalized spacial score (nSPS) is 19.1. The van der Waals surface area contributed by atoms with Gasteiger partial charge < -0.3 is 14.9 Å². The highest BCUT2D eigenvalue weighted by Crippen LogP contribution is 2.26. The van der Waals surface area contributed by atoms with Crippen LogP contribution >= 0.6 is 0 Å². The average Bonchev–Trinajstić information content (AvgIpc) is 2.81. The molecule has 31 heavy (non-hydrogen) atoms. The van der Waals surface area contributed by atoms with E-state index in [0.29, 0.717) is 45.6 Å². The van der Waals surface area contributed by atoms with E-state index in [-0.39, 0.29) is 11.8 Å². The van der Waals surface area contributed by atoms with Crippen LogP contribution in [0.4, 0.5) is 0 Å². The Kier molecular flexibility index (Phi) is 6.47. The number of aliphatic imine (C=N–C) groups is 1. The smallest absolute Gasteiger partial charge is 0.223 e. The van der Waals surface area contributed by atoms with Gasteiger partial charge in [0.15, 0.2) is 0 Å². The van der Waals surface area contributed by atoms with E-state index in [0.717, 1.165) is 11.3 Å². The van der Waals surface area contributed by atoms with Crippen LogP contribution in [0.25, 0.3) is 0 Å². The molecule has 1 amide bonds. The molecule has 4 rings (SSSR count). The van der Waals surface area contributed by atoms with Crippen LogP contribution < -0.4 is 0 Å². The number of carbonyl (C=O) groups excluding carboxylic acids is 1. The van der Waals surface area contributed by atoms with Crippen molar-refractivity contribution in [1.29, 1.82) is 0 Å². The van der Waals surface area contributed by atoms with E-state index in [1.165, 1.54) is 5.56 Å². The average molecular weight is 419 g/mol. The lowest BCUT2D eigenvalue weighted by atomic mass is 9.90. The molecule has 6 nitrogen and oxygen atoms in total. The minimum atomic E-state index is -0.796. The van der Waals surface area contributed by atoms with Crippen molar-refractivity contribution in [2.75, 3.05) is 26.3 Å². The number of pyridine rings is 1. The van der Waals surface area contributed by atoms with Crippen molar-refractivity contribution >= 4 is 11.6 Å². The van der Waals surface area contributed by atoms with Crippen LogP contribution in [0, 0.1) is 0 Å². The van der Waals surface area contributed by atoms with Crippen molar-refractivity contribution in [3.63, 3.8) is 0 Å². The minimum Gasteiger partial charge on any atom is -0.388 e. The second kappa shape index (κ2) is 9.43. The number of amides is 1. The summed E-state index contributed by atoms with van der Waals surface area (Å²) in [5, 5.41) is 11.1. The number of rotatable bonds is 6. The molecule has 0 saturated carbocycles. The van der Waals surface area contributed by atoms with Crippen molar-refractivity contribution in [3.8, 4) is 0 Å². The van der Waals surface area contributed by atoms with E-state index >= 15 is 0 Å². The maximum atomic E-state index is 12.8. The largest absolute Gasteiger partial charge is 0.388 e.